The summed E-state index contributed by atoms with van der Waals surface area (Å²) in [5.41, 5.74) is 2.88. The molecule has 0 aliphatic heterocycles. The van der Waals surface area contributed by atoms with Gasteiger partial charge in [-0.2, -0.15) is 0 Å². The van der Waals surface area contributed by atoms with Crippen LogP contribution < -0.4 is 5.32 Å². The lowest BCUT2D eigenvalue weighted by Gasteiger charge is -2.26. The highest BCUT2D eigenvalue weighted by atomic mass is 79.9. The predicted molar refractivity (Wildman–Crippen MR) is 74.7 cm³/mol. The van der Waals surface area contributed by atoms with Gasteiger partial charge in [-0.25, -0.2) is 0 Å². The van der Waals surface area contributed by atoms with Crippen molar-refractivity contribution in [2.24, 2.45) is 0 Å². The van der Waals surface area contributed by atoms with Crippen molar-refractivity contribution >= 4 is 15.9 Å². The third-order valence-electron chi connectivity index (χ3n) is 2.87. The maximum Gasteiger partial charge on any atom is 0.0210 e. The van der Waals surface area contributed by atoms with Crippen molar-refractivity contribution in [1.29, 1.82) is 0 Å². The molecule has 1 rings (SSSR count). The molecule has 0 radical (unpaired) electrons. The van der Waals surface area contributed by atoms with E-state index in [4.69, 9.17) is 0 Å². The van der Waals surface area contributed by atoms with E-state index in [0.717, 1.165) is 6.54 Å². The highest BCUT2D eigenvalue weighted by Gasteiger charge is 2.14. The summed E-state index contributed by atoms with van der Waals surface area (Å²) in [6.07, 6.45) is 2.43. The maximum absolute atomic E-state index is 3.61. The third-order valence-corrected chi connectivity index (χ3v) is 3.76. The van der Waals surface area contributed by atoms with Gasteiger partial charge in [-0.05, 0) is 44.4 Å². The smallest absolute Gasteiger partial charge is 0.0210 e. The molecular weight excluding hydrogens is 262 g/mol. The fourth-order valence-corrected chi connectivity index (χ4v) is 2.12. The standard InChI is InChI=1S/C14H22BrN/c1-5-8-14(3,4)16-10-12-6-7-13(15)11(2)9-12/h6-7,9,16H,5,8,10H2,1-4H3. The second-order valence-corrected chi connectivity index (χ2v) is 5.93. The molecule has 0 aromatic heterocycles. The summed E-state index contributed by atoms with van der Waals surface area (Å²) in [6, 6.07) is 6.53. The van der Waals surface area contributed by atoms with Gasteiger partial charge in [0.1, 0.15) is 0 Å². The molecule has 1 N–H and O–H groups in total. The van der Waals surface area contributed by atoms with Gasteiger partial charge in [-0.1, -0.05) is 41.4 Å². The molecule has 0 atom stereocenters. The van der Waals surface area contributed by atoms with E-state index in [0.29, 0.717) is 0 Å². The number of aryl methyl sites for hydroxylation is 1. The SMILES string of the molecule is CCCC(C)(C)NCc1ccc(Br)c(C)c1. The number of nitrogens with one attached hydrogen (secondary N) is 1. The number of hydrogen-bond acceptors (Lipinski definition) is 1. The molecule has 0 aliphatic carbocycles. The van der Waals surface area contributed by atoms with Crippen molar-refractivity contribution in [3.05, 3.63) is 33.8 Å². The normalized spacial score (nSPS) is 11.8. The van der Waals surface area contributed by atoms with Crippen molar-refractivity contribution in [3.63, 3.8) is 0 Å². The van der Waals surface area contributed by atoms with Crippen LogP contribution in [0, 0.1) is 6.92 Å². The van der Waals surface area contributed by atoms with E-state index in [9.17, 15) is 0 Å². The predicted octanol–water partition coefficient (Wildman–Crippen LogP) is 4.43. The van der Waals surface area contributed by atoms with Crippen LogP contribution in [0.4, 0.5) is 0 Å². The summed E-state index contributed by atoms with van der Waals surface area (Å²) in [5, 5.41) is 3.61. The lowest BCUT2D eigenvalue weighted by Crippen LogP contribution is -2.38. The Bertz CT molecular complexity index is 345. The molecule has 0 saturated heterocycles. The molecule has 0 amide bonds. The Labute approximate surface area is 108 Å². The van der Waals surface area contributed by atoms with E-state index in [1.54, 1.807) is 0 Å². The Morgan fingerprint density at radius 3 is 2.56 bits per heavy atom. The second kappa shape index (κ2) is 5.83. The first-order valence-corrected chi connectivity index (χ1v) is 6.74. The van der Waals surface area contributed by atoms with Crippen LogP contribution in [0.1, 0.15) is 44.7 Å². The van der Waals surface area contributed by atoms with E-state index < -0.39 is 0 Å². The van der Waals surface area contributed by atoms with Crippen molar-refractivity contribution in [2.45, 2.75) is 52.6 Å². The van der Waals surface area contributed by atoms with Crippen LogP contribution in [0.25, 0.3) is 0 Å². The quantitative estimate of drug-likeness (QED) is 0.843. The van der Waals surface area contributed by atoms with E-state index in [-0.39, 0.29) is 5.54 Å². The monoisotopic (exact) mass is 283 g/mol. The maximum atomic E-state index is 3.61. The van der Waals surface area contributed by atoms with Gasteiger partial charge in [-0.3, -0.25) is 0 Å². The molecule has 0 unspecified atom stereocenters. The molecule has 1 nitrogen and oxygen atoms in total. The molecule has 0 bridgehead atoms. The average molecular weight is 284 g/mol. The van der Waals surface area contributed by atoms with Crippen molar-refractivity contribution in [3.8, 4) is 0 Å². The van der Waals surface area contributed by atoms with Gasteiger partial charge in [0, 0.05) is 16.6 Å². The van der Waals surface area contributed by atoms with Crippen molar-refractivity contribution in [2.75, 3.05) is 0 Å². The van der Waals surface area contributed by atoms with Gasteiger partial charge < -0.3 is 5.32 Å². The molecule has 0 aliphatic rings. The number of benzene rings is 1. The van der Waals surface area contributed by atoms with Crippen LogP contribution >= 0.6 is 15.9 Å². The Kier molecular flexibility index (Phi) is 5.00. The van der Waals surface area contributed by atoms with Gasteiger partial charge in [0.15, 0.2) is 0 Å². The molecule has 0 fully saturated rings. The minimum Gasteiger partial charge on any atom is -0.308 e. The van der Waals surface area contributed by atoms with E-state index >= 15 is 0 Å². The molecule has 1 aromatic rings. The third kappa shape index (κ3) is 4.26. The molecule has 16 heavy (non-hydrogen) atoms. The zero-order valence-electron chi connectivity index (χ0n) is 10.7. The Morgan fingerprint density at radius 2 is 2.00 bits per heavy atom. The zero-order valence-corrected chi connectivity index (χ0v) is 12.3. The first kappa shape index (κ1) is 13.7. The highest BCUT2D eigenvalue weighted by Crippen LogP contribution is 2.18. The topological polar surface area (TPSA) is 12.0 Å². The molecule has 1 aromatic carbocycles. The van der Waals surface area contributed by atoms with Crippen molar-refractivity contribution < 1.29 is 0 Å². The van der Waals surface area contributed by atoms with Crippen LogP contribution in [0.2, 0.25) is 0 Å². The molecular formula is C14H22BrN. The van der Waals surface area contributed by atoms with Gasteiger partial charge >= 0.3 is 0 Å². The summed E-state index contributed by atoms with van der Waals surface area (Å²) in [7, 11) is 0. The molecule has 0 heterocycles. The van der Waals surface area contributed by atoms with E-state index in [2.05, 4.69) is 67.1 Å². The first-order chi connectivity index (χ1) is 7.44. The summed E-state index contributed by atoms with van der Waals surface area (Å²) >= 11 is 3.52. The summed E-state index contributed by atoms with van der Waals surface area (Å²) in [5.74, 6) is 0. The second-order valence-electron chi connectivity index (χ2n) is 5.07. The minimum atomic E-state index is 0.232. The van der Waals surface area contributed by atoms with E-state index in [1.807, 2.05) is 0 Å². The Morgan fingerprint density at radius 1 is 1.31 bits per heavy atom. The van der Waals surface area contributed by atoms with Crippen LogP contribution in [-0.4, -0.2) is 5.54 Å². The lowest BCUT2D eigenvalue weighted by molar-refractivity contribution is 0.357. The lowest BCUT2D eigenvalue weighted by atomic mass is 9.98. The minimum absolute atomic E-state index is 0.232. The molecule has 2 heteroatoms. The molecule has 0 spiro atoms. The number of hydrogen-bond donors (Lipinski definition) is 1. The number of rotatable bonds is 5. The van der Waals surface area contributed by atoms with E-state index in [1.165, 1.54) is 28.4 Å². The fourth-order valence-electron chi connectivity index (χ4n) is 1.87. The summed E-state index contributed by atoms with van der Waals surface area (Å²) < 4.78 is 1.18. The average Bonchev–Trinajstić information content (AvgIpc) is 2.20. The Hall–Kier alpha value is -0.340. The zero-order chi connectivity index (χ0) is 12.2. The highest BCUT2D eigenvalue weighted by molar-refractivity contribution is 9.10. The summed E-state index contributed by atoms with van der Waals surface area (Å²) in [4.78, 5) is 0. The number of halogens is 1. The molecule has 90 valence electrons. The van der Waals surface area contributed by atoms with Gasteiger partial charge in [0.2, 0.25) is 0 Å². The van der Waals surface area contributed by atoms with Crippen molar-refractivity contribution in [1.82, 2.24) is 5.32 Å². The van der Waals surface area contributed by atoms with Crippen LogP contribution in [-0.2, 0) is 6.54 Å². The van der Waals surface area contributed by atoms with Gasteiger partial charge in [-0.15, -0.1) is 0 Å². The van der Waals surface area contributed by atoms with Gasteiger partial charge in [0.05, 0.1) is 0 Å². The van der Waals surface area contributed by atoms with Crippen LogP contribution in [0.3, 0.4) is 0 Å². The largest absolute Gasteiger partial charge is 0.308 e. The summed E-state index contributed by atoms with van der Waals surface area (Å²) in [6.45, 7) is 9.84. The van der Waals surface area contributed by atoms with Crippen LogP contribution in [0.5, 0.6) is 0 Å². The Balaban J connectivity index is 2.57. The van der Waals surface area contributed by atoms with Gasteiger partial charge in [0.25, 0.3) is 0 Å². The van der Waals surface area contributed by atoms with Crippen LogP contribution in [0.15, 0.2) is 22.7 Å². The molecule has 0 saturated carbocycles. The first-order valence-electron chi connectivity index (χ1n) is 5.94. The fraction of sp³-hybridized carbons (Fsp3) is 0.571.